The number of benzene rings is 2. The van der Waals surface area contributed by atoms with E-state index in [0.717, 1.165) is 34.1 Å². The second kappa shape index (κ2) is 5.69. The smallest absolute Gasteiger partial charge is 0.321 e. The van der Waals surface area contributed by atoms with E-state index in [1.807, 2.05) is 53.1 Å². The van der Waals surface area contributed by atoms with Gasteiger partial charge in [-0.15, -0.1) is 0 Å². The number of amides is 1. The average Bonchev–Trinajstić information content (AvgIpc) is 3.05. The van der Waals surface area contributed by atoms with E-state index in [9.17, 15) is 4.79 Å². The molecule has 24 heavy (non-hydrogen) atoms. The lowest BCUT2D eigenvalue weighted by Crippen LogP contribution is -2.31. The summed E-state index contributed by atoms with van der Waals surface area (Å²) in [6.07, 6.45) is 1.78. The van der Waals surface area contributed by atoms with Crippen LogP contribution >= 0.6 is 11.6 Å². The summed E-state index contributed by atoms with van der Waals surface area (Å²) in [7, 11) is 1.63. The van der Waals surface area contributed by atoms with Crippen molar-refractivity contribution in [1.29, 1.82) is 0 Å². The molecule has 0 bridgehead atoms. The molecule has 0 radical (unpaired) electrons. The first-order chi connectivity index (χ1) is 11.7. The number of methoxy groups -OCH3 is 1. The predicted octanol–water partition coefficient (Wildman–Crippen LogP) is 4.23. The molecule has 120 valence electrons. The van der Waals surface area contributed by atoms with Gasteiger partial charge < -0.3 is 4.74 Å². The van der Waals surface area contributed by atoms with E-state index in [4.69, 9.17) is 16.3 Å². The number of para-hydroxylation sites is 2. The van der Waals surface area contributed by atoms with Crippen LogP contribution in [0.1, 0.15) is 5.69 Å². The summed E-state index contributed by atoms with van der Waals surface area (Å²) in [5, 5.41) is -0.504. The van der Waals surface area contributed by atoms with Crippen LogP contribution < -0.4 is 9.64 Å². The third kappa shape index (κ3) is 2.25. The van der Waals surface area contributed by atoms with Gasteiger partial charge >= 0.3 is 5.37 Å². The van der Waals surface area contributed by atoms with E-state index >= 15 is 0 Å². The number of anilines is 1. The number of halogens is 1. The molecule has 0 aliphatic carbocycles. The van der Waals surface area contributed by atoms with Crippen LogP contribution in [0.4, 0.5) is 10.5 Å². The molecule has 5 nitrogen and oxygen atoms in total. The van der Waals surface area contributed by atoms with Crippen molar-refractivity contribution in [3.05, 3.63) is 60.6 Å². The molecule has 1 aliphatic rings. The maximum Gasteiger partial charge on any atom is 0.321 e. The van der Waals surface area contributed by atoms with E-state index < -0.39 is 5.37 Å². The summed E-state index contributed by atoms with van der Waals surface area (Å²) in [4.78, 5) is 18.0. The Morgan fingerprint density at radius 3 is 2.50 bits per heavy atom. The number of hydrogen-bond donors (Lipinski definition) is 0. The standard InChI is InChI=1S/C18H14ClN3O2/c1-24-13-8-6-12(7-9-13)17-16-10-21(18(19)23)14-4-2-3-5-15(14)22(16)11-20-17/h2-9,11H,10H2,1H3. The molecule has 0 N–H and O–H groups in total. The average molecular weight is 340 g/mol. The summed E-state index contributed by atoms with van der Waals surface area (Å²) in [5.41, 5.74) is 4.39. The molecule has 1 aliphatic heterocycles. The van der Waals surface area contributed by atoms with Crippen molar-refractivity contribution in [3.8, 4) is 22.7 Å². The highest BCUT2D eigenvalue weighted by Gasteiger charge is 2.28. The molecule has 0 saturated carbocycles. The number of hydrogen-bond acceptors (Lipinski definition) is 3. The van der Waals surface area contributed by atoms with Crippen molar-refractivity contribution in [2.24, 2.45) is 0 Å². The van der Waals surface area contributed by atoms with Gasteiger partial charge in [0.15, 0.2) is 0 Å². The molecule has 4 rings (SSSR count). The van der Waals surface area contributed by atoms with Crippen molar-refractivity contribution < 1.29 is 9.53 Å². The Kier molecular flexibility index (Phi) is 3.50. The number of ether oxygens (including phenoxy) is 1. The number of aromatic nitrogens is 2. The second-order valence-corrected chi connectivity index (χ2v) is 5.79. The fraction of sp³-hybridized carbons (Fsp3) is 0.111. The molecule has 2 heterocycles. The van der Waals surface area contributed by atoms with Gasteiger partial charge in [0, 0.05) is 5.56 Å². The van der Waals surface area contributed by atoms with Crippen LogP contribution in [0.5, 0.6) is 5.75 Å². The fourth-order valence-electron chi connectivity index (χ4n) is 3.01. The van der Waals surface area contributed by atoms with Crippen molar-refractivity contribution >= 4 is 22.7 Å². The molecule has 3 aromatic rings. The molecule has 0 fully saturated rings. The van der Waals surface area contributed by atoms with Gasteiger partial charge in [-0.25, -0.2) is 4.98 Å². The SMILES string of the molecule is COc1ccc(-c2ncn3c2CN(C(=O)Cl)c2ccccc2-3)cc1. The Balaban J connectivity index is 1.86. The molecule has 0 saturated heterocycles. The minimum atomic E-state index is -0.504. The number of rotatable bonds is 2. The van der Waals surface area contributed by atoms with E-state index in [1.165, 1.54) is 0 Å². The molecule has 2 aromatic carbocycles. The first kappa shape index (κ1) is 14.8. The van der Waals surface area contributed by atoms with Gasteiger partial charge in [0.2, 0.25) is 0 Å². The molecule has 0 spiro atoms. The van der Waals surface area contributed by atoms with E-state index in [-0.39, 0.29) is 0 Å². The third-order valence-electron chi connectivity index (χ3n) is 4.18. The number of imidazole rings is 1. The molecular weight excluding hydrogens is 326 g/mol. The van der Waals surface area contributed by atoms with Crippen molar-refractivity contribution in [3.63, 3.8) is 0 Å². The van der Waals surface area contributed by atoms with Crippen LogP contribution in [-0.2, 0) is 6.54 Å². The van der Waals surface area contributed by atoms with Crippen LogP contribution in [0, 0.1) is 0 Å². The Morgan fingerprint density at radius 1 is 1.12 bits per heavy atom. The minimum absolute atomic E-state index is 0.376. The summed E-state index contributed by atoms with van der Waals surface area (Å²) < 4.78 is 7.20. The van der Waals surface area contributed by atoms with Gasteiger partial charge in [-0.3, -0.25) is 14.3 Å². The van der Waals surface area contributed by atoms with E-state index in [1.54, 1.807) is 18.3 Å². The summed E-state index contributed by atoms with van der Waals surface area (Å²) in [6, 6.07) is 15.3. The Hall–Kier alpha value is -2.79. The third-order valence-corrected chi connectivity index (χ3v) is 4.39. The quantitative estimate of drug-likeness (QED) is 0.518. The highest BCUT2D eigenvalue weighted by molar-refractivity contribution is 6.66. The second-order valence-electron chi connectivity index (χ2n) is 5.47. The van der Waals surface area contributed by atoms with Crippen molar-refractivity contribution in [1.82, 2.24) is 9.55 Å². The lowest BCUT2D eigenvalue weighted by atomic mass is 10.1. The first-order valence-corrected chi connectivity index (χ1v) is 7.84. The van der Waals surface area contributed by atoms with Gasteiger partial charge in [0.1, 0.15) is 12.1 Å². The maximum atomic E-state index is 11.9. The fourth-order valence-corrected chi connectivity index (χ4v) is 3.16. The molecule has 0 atom stereocenters. The molecule has 6 heteroatoms. The number of carbonyl (C=O) groups excluding carboxylic acids is 1. The Labute approximate surface area is 144 Å². The molecule has 1 amide bonds. The minimum Gasteiger partial charge on any atom is -0.497 e. The zero-order valence-electron chi connectivity index (χ0n) is 12.9. The van der Waals surface area contributed by atoms with E-state index in [2.05, 4.69) is 4.98 Å². The van der Waals surface area contributed by atoms with Crippen molar-refractivity contribution in [2.75, 3.05) is 12.0 Å². The molecular formula is C18H14ClN3O2. The van der Waals surface area contributed by atoms with Crippen LogP contribution in [0.3, 0.4) is 0 Å². The van der Waals surface area contributed by atoms with Crippen LogP contribution in [0.15, 0.2) is 54.9 Å². The zero-order valence-corrected chi connectivity index (χ0v) is 13.7. The molecule has 1 aromatic heterocycles. The Morgan fingerprint density at radius 2 is 1.83 bits per heavy atom. The summed E-state index contributed by atoms with van der Waals surface area (Å²) in [5.74, 6) is 0.787. The predicted molar refractivity (Wildman–Crippen MR) is 93.0 cm³/mol. The first-order valence-electron chi connectivity index (χ1n) is 7.46. The van der Waals surface area contributed by atoms with Gasteiger partial charge in [0.05, 0.1) is 36.4 Å². The van der Waals surface area contributed by atoms with E-state index in [0.29, 0.717) is 6.54 Å². The lowest BCUT2D eigenvalue weighted by Gasteiger charge is -2.29. The highest BCUT2D eigenvalue weighted by Crippen LogP contribution is 2.36. The molecule has 0 unspecified atom stereocenters. The zero-order chi connectivity index (χ0) is 16.7. The van der Waals surface area contributed by atoms with Crippen LogP contribution in [-0.4, -0.2) is 22.0 Å². The summed E-state index contributed by atoms with van der Waals surface area (Å²) >= 11 is 5.80. The van der Waals surface area contributed by atoms with Crippen LogP contribution in [0.25, 0.3) is 16.9 Å². The van der Waals surface area contributed by atoms with Gasteiger partial charge in [0.25, 0.3) is 0 Å². The monoisotopic (exact) mass is 339 g/mol. The summed E-state index contributed by atoms with van der Waals surface area (Å²) in [6.45, 7) is 0.376. The maximum absolute atomic E-state index is 11.9. The van der Waals surface area contributed by atoms with Gasteiger partial charge in [-0.2, -0.15) is 0 Å². The Bertz CT molecular complexity index is 918. The number of fused-ring (bicyclic) bond motifs is 3. The van der Waals surface area contributed by atoms with Gasteiger partial charge in [-0.1, -0.05) is 12.1 Å². The largest absolute Gasteiger partial charge is 0.497 e. The lowest BCUT2D eigenvalue weighted by molar-refractivity contribution is 0.263. The highest BCUT2D eigenvalue weighted by atomic mass is 35.5. The topological polar surface area (TPSA) is 47.4 Å². The van der Waals surface area contributed by atoms with Crippen molar-refractivity contribution in [2.45, 2.75) is 6.54 Å². The number of nitrogens with zero attached hydrogens (tertiary/aromatic N) is 3. The normalized spacial score (nSPS) is 12.5. The number of carbonyl (C=O) groups is 1. The van der Waals surface area contributed by atoms with Crippen LogP contribution in [0.2, 0.25) is 0 Å². The van der Waals surface area contributed by atoms with Gasteiger partial charge in [-0.05, 0) is 48.0 Å².